The Morgan fingerprint density at radius 1 is 1.50 bits per heavy atom. The predicted octanol–water partition coefficient (Wildman–Crippen LogP) is 2.35. The number of carbonyl (C=O) groups excluding carboxylic acids is 1. The fourth-order valence-electron chi connectivity index (χ4n) is 2.18. The minimum absolute atomic E-state index is 0.0382. The zero-order valence-electron chi connectivity index (χ0n) is 13.1. The lowest BCUT2D eigenvalue weighted by atomic mass is 10.2. The van der Waals surface area contributed by atoms with Gasteiger partial charge in [0, 0.05) is 24.9 Å². The van der Waals surface area contributed by atoms with Crippen molar-refractivity contribution < 1.29 is 14.3 Å². The Hall–Kier alpha value is -2.01. The number of nitrogens with one attached hydrogen (secondary N) is 2. The van der Waals surface area contributed by atoms with E-state index in [1.165, 1.54) is 0 Å². The van der Waals surface area contributed by atoms with Gasteiger partial charge in [-0.25, -0.2) is 0 Å². The van der Waals surface area contributed by atoms with Crippen LogP contribution in [0.1, 0.15) is 19.8 Å². The second kappa shape index (κ2) is 8.44. The summed E-state index contributed by atoms with van der Waals surface area (Å²) in [5, 5.41) is 5.97. The fraction of sp³-hybridized carbons (Fsp3) is 0.471. The van der Waals surface area contributed by atoms with Crippen LogP contribution in [0.4, 0.5) is 5.69 Å². The van der Waals surface area contributed by atoms with Crippen LogP contribution in [-0.4, -0.2) is 38.3 Å². The predicted molar refractivity (Wildman–Crippen MR) is 87.2 cm³/mol. The van der Waals surface area contributed by atoms with E-state index in [1.54, 1.807) is 0 Å². The molecular weight excluding hydrogens is 280 g/mol. The summed E-state index contributed by atoms with van der Waals surface area (Å²) in [6.45, 7) is 7.83. The molecule has 1 fully saturated rings. The van der Waals surface area contributed by atoms with Gasteiger partial charge in [-0.2, -0.15) is 0 Å². The summed E-state index contributed by atoms with van der Waals surface area (Å²) < 4.78 is 11.0. The van der Waals surface area contributed by atoms with E-state index in [0.717, 1.165) is 36.5 Å². The molecule has 5 heteroatoms. The van der Waals surface area contributed by atoms with Crippen molar-refractivity contribution in [2.24, 2.45) is 0 Å². The van der Waals surface area contributed by atoms with Crippen LogP contribution in [0.2, 0.25) is 0 Å². The lowest BCUT2D eigenvalue weighted by Crippen LogP contribution is -2.35. The zero-order chi connectivity index (χ0) is 15.8. The van der Waals surface area contributed by atoms with Gasteiger partial charge in [-0.15, -0.1) is 0 Å². The molecule has 1 aromatic carbocycles. The number of anilines is 1. The lowest BCUT2D eigenvalue weighted by Gasteiger charge is -2.12. The van der Waals surface area contributed by atoms with Gasteiger partial charge in [0.2, 0.25) is 5.91 Å². The first-order chi connectivity index (χ1) is 10.6. The van der Waals surface area contributed by atoms with Gasteiger partial charge in [0.15, 0.2) is 0 Å². The Morgan fingerprint density at radius 3 is 3.09 bits per heavy atom. The van der Waals surface area contributed by atoms with E-state index in [9.17, 15) is 4.79 Å². The largest absolute Gasteiger partial charge is 0.489 e. The van der Waals surface area contributed by atoms with Crippen LogP contribution in [0.25, 0.3) is 0 Å². The maximum atomic E-state index is 11.8. The molecule has 1 aliphatic rings. The second-order valence-electron chi connectivity index (χ2n) is 5.57. The molecule has 22 heavy (non-hydrogen) atoms. The zero-order valence-corrected chi connectivity index (χ0v) is 13.1. The minimum Gasteiger partial charge on any atom is -0.489 e. The van der Waals surface area contributed by atoms with Gasteiger partial charge in [0.25, 0.3) is 0 Å². The molecule has 1 aliphatic heterocycles. The summed E-state index contributed by atoms with van der Waals surface area (Å²) in [4.78, 5) is 11.8. The molecule has 120 valence electrons. The minimum atomic E-state index is -0.0382. The standard InChI is InChI=1S/C17H24N2O3/c1-13(2)12-22-15-6-3-5-14(9-15)18-11-17(20)19-10-16-7-4-8-21-16/h3,5-6,9,16,18H,1,4,7-8,10-12H2,2H3,(H,19,20). The van der Waals surface area contributed by atoms with Crippen molar-refractivity contribution in [3.05, 3.63) is 36.4 Å². The molecule has 0 aliphatic carbocycles. The molecule has 0 bridgehead atoms. The average Bonchev–Trinajstić information content (AvgIpc) is 3.03. The monoisotopic (exact) mass is 304 g/mol. The SMILES string of the molecule is C=C(C)COc1cccc(NCC(=O)NCC2CCCO2)c1. The molecule has 2 N–H and O–H groups in total. The number of rotatable bonds is 8. The molecular formula is C17H24N2O3. The van der Waals surface area contributed by atoms with E-state index in [4.69, 9.17) is 9.47 Å². The Labute approximate surface area is 131 Å². The van der Waals surface area contributed by atoms with Gasteiger partial charge in [-0.05, 0) is 37.5 Å². The lowest BCUT2D eigenvalue weighted by molar-refractivity contribution is -0.119. The molecule has 2 rings (SSSR count). The van der Waals surface area contributed by atoms with Crippen molar-refractivity contribution in [2.45, 2.75) is 25.9 Å². The topological polar surface area (TPSA) is 59.6 Å². The normalized spacial score (nSPS) is 17.0. The molecule has 0 spiro atoms. The first kappa shape index (κ1) is 16.4. The van der Waals surface area contributed by atoms with E-state index < -0.39 is 0 Å². The molecule has 1 unspecified atom stereocenters. The summed E-state index contributed by atoms with van der Waals surface area (Å²) in [5.74, 6) is 0.719. The number of ether oxygens (including phenoxy) is 2. The number of amides is 1. The van der Waals surface area contributed by atoms with Crippen LogP contribution in [0.15, 0.2) is 36.4 Å². The van der Waals surface area contributed by atoms with Gasteiger partial charge in [-0.1, -0.05) is 12.6 Å². The molecule has 0 radical (unpaired) electrons. The van der Waals surface area contributed by atoms with Crippen LogP contribution in [-0.2, 0) is 9.53 Å². The molecule has 0 saturated carbocycles. The molecule has 1 atom stereocenters. The van der Waals surface area contributed by atoms with Crippen LogP contribution < -0.4 is 15.4 Å². The number of hydrogen-bond acceptors (Lipinski definition) is 4. The van der Waals surface area contributed by atoms with Crippen LogP contribution in [0.3, 0.4) is 0 Å². The highest BCUT2D eigenvalue weighted by atomic mass is 16.5. The highest BCUT2D eigenvalue weighted by Gasteiger charge is 2.15. The van der Waals surface area contributed by atoms with Gasteiger partial charge >= 0.3 is 0 Å². The quantitative estimate of drug-likeness (QED) is 0.724. The number of carbonyl (C=O) groups is 1. The van der Waals surface area contributed by atoms with E-state index in [1.807, 2.05) is 31.2 Å². The van der Waals surface area contributed by atoms with Crippen molar-refractivity contribution in [2.75, 3.05) is 31.6 Å². The third-order valence-electron chi connectivity index (χ3n) is 3.32. The highest BCUT2D eigenvalue weighted by Crippen LogP contribution is 2.17. The number of hydrogen-bond donors (Lipinski definition) is 2. The third-order valence-corrected chi connectivity index (χ3v) is 3.32. The van der Waals surface area contributed by atoms with E-state index >= 15 is 0 Å². The van der Waals surface area contributed by atoms with Crippen LogP contribution >= 0.6 is 0 Å². The van der Waals surface area contributed by atoms with E-state index in [0.29, 0.717) is 13.2 Å². The van der Waals surface area contributed by atoms with Crippen LogP contribution in [0.5, 0.6) is 5.75 Å². The maximum Gasteiger partial charge on any atom is 0.239 e. The smallest absolute Gasteiger partial charge is 0.239 e. The number of benzene rings is 1. The molecule has 1 amide bonds. The third kappa shape index (κ3) is 5.77. The summed E-state index contributed by atoms with van der Waals surface area (Å²) in [6, 6.07) is 7.54. The second-order valence-corrected chi connectivity index (χ2v) is 5.57. The first-order valence-electron chi connectivity index (χ1n) is 7.63. The van der Waals surface area contributed by atoms with Crippen LogP contribution in [0, 0.1) is 0 Å². The Bertz CT molecular complexity index is 510. The van der Waals surface area contributed by atoms with Crippen molar-refractivity contribution in [1.29, 1.82) is 0 Å². The van der Waals surface area contributed by atoms with Gasteiger partial charge in [0.1, 0.15) is 12.4 Å². The molecule has 5 nitrogen and oxygen atoms in total. The van der Waals surface area contributed by atoms with Crippen molar-refractivity contribution in [3.63, 3.8) is 0 Å². The average molecular weight is 304 g/mol. The Balaban J connectivity index is 1.72. The van der Waals surface area contributed by atoms with Crippen molar-refractivity contribution in [3.8, 4) is 5.75 Å². The fourth-order valence-corrected chi connectivity index (χ4v) is 2.18. The summed E-state index contributed by atoms with van der Waals surface area (Å²) in [6.07, 6.45) is 2.27. The first-order valence-corrected chi connectivity index (χ1v) is 7.63. The molecule has 1 aromatic rings. The van der Waals surface area contributed by atoms with Crippen molar-refractivity contribution >= 4 is 11.6 Å². The summed E-state index contributed by atoms with van der Waals surface area (Å²) in [7, 11) is 0. The Morgan fingerprint density at radius 2 is 2.36 bits per heavy atom. The van der Waals surface area contributed by atoms with E-state index in [-0.39, 0.29) is 18.6 Å². The van der Waals surface area contributed by atoms with Gasteiger partial charge in [-0.3, -0.25) is 4.79 Å². The molecule has 1 saturated heterocycles. The highest BCUT2D eigenvalue weighted by molar-refractivity contribution is 5.80. The summed E-state index contributed by atoms with van der Waals surface area (Å²) >= 11 is 0. The van der Waals surface area contributed by atoms with Crippen molar-refractivity contribution in [1.82, 2.24) is 5.32 Å². The molecule has 0 aromatic heterocycles. The molecule has 1 heterocycles. The van der Waals surface area contributed by atoms with E-state index in [2.05, 4.69) is 17.2 Å². The Kier molecular flexibility index (Phi) is 6.27. The maximum absolute atomic E-state index is 11.8. The van der Waals surface area contributed by atoms with Gasteiger partial charge < -0.3 is 20.1 Å². The summed E-state index contributed by atoms with van der Waals surface area (Å²) in [5.41, 5.74) is 1.82. The van der Waals surface area contributed by atoms with Gasteiger partial charge in [0.05, 0.1) is 12.6 Å².